The predicted molar refractivity (Wildman–Crippen MR) is 84.5 cm³/mol. The summed E-state index contributed by atoms with van der Waals surface area (Å²) >= 11 is 8.73. The van der Waals surface area contributed by atoms with E-state index >= 15 is 0 Å². The summed E-state index contributed by atoms with van der Waals surface area (Å²) in [5.41, 5.74) is 6.35. The molecule has 1 aromatic carbocycles. The summed E-state index contributed by atoms with van der Waals surface area (Å²) in [5.74, 6) is 6.74. The van der Waals surface area contributed by atoms with E-state index in [0.29, 0.717) is 0 Å². The van der Waals surface area contributed by atoms with E-state index in [0.717, 1.165) is 37.5 Å². The van der Waals surface area contributed by atoms with Gasteiger partial charge in [-0.2, -0.15) is 0 Å². The van der Waals surface area contributed by atoms with Gasteiger partial charge in [0.05, 0.1) is 20.2 Å². The van der Waals surface area contributed by atoms with Crippen molar-refractivity contribution in [3.8, 4) is 5.75 Å². The number of rotatable bonds is 3. The van der Waals surface area contributed by atoms with Crippen molar-refractivity contribution in [3.63, 3.8) is 0 Å². The molecule has 1 atom stereocenters. The van der Waals surface area contributed by atoms with E-state index in [1.807, 2.05) is 0 Å². The van der Waals surface area contributed by atoms with Crippen LogP contribution in [0.3, 0.4) is 0 Å². The van der Waals surface area contributed by atoms with Gasteiger partial charge < -0.3 is 4.74 Å². The molecule has 3 rings (SSSR count). The molecule has 3 nitrogen and oxygen atoms in total. The van der Waals surface area contributed by atoms with Gasteiger partial charge in [-0.1, -0.05) is 18.2 Å². The third-order valence-corrected chi connectivity index (χ3v) is 5.60. The van der Waals surface area contributed by atoms with Crippen LogP contribution in [0.25, 0.3) is 0 Å². The van der Waals surface area contributed by atoms with Gasteiger partial charge in [0.2, 0.25) is 0 Å². The highest BCUT2D eigenvalue weighted by Crippen LogP contribution is 2.41. The van der Waals surface area contributed by atoms with Crippen molar-refractivity contribution >= 4 is 43.2 Å². The number of nitrogens with two attached hydrogens (primary N) is 1. The smallest absolute Gasteiger partial charge is 0.127 e. The monoisotopic (exact) mass is 402 g/mol. The van der Waals surface area contributed by atoms with Crippen LogP contribution < -0.4 is 16.0 Å². The summed E-state index contributed by atoms with van der Waals surface area (Å²) in [6, 6.07) is 8.23. The molecule has 2 aromatic rings. The molecule has 0 saturated carbocycles. The average molecular weight is 404 g/mol. The molecule has 0 bridgehead atoms. The Labute approximate surface area is 132 Å². The molecule has 3 N–H and O–H groups in total. The van der Waals surface area contributed by atoms with Crippen molar-refractivity contribution in [2.24, 2.45) is 5.84 Å². The Kier molecular flexibility index (Phi) is 3.96. The van der Waals surface area contributed by atoms with Gasteiger partial charge >= 0.3 is 0 Å². The third-order valence-electron chi connectivity index (χ3n) is 3.22. The van der Waals surface area contributed by atoms with Crippen LogP contribution >= 0.6 is 43.2 Å². The Balaban J connectivity index is 2.09. The molecule has 2 heterocycles. The summed E-state index contributed by atoms with van der Waals surface area (Å²) in [6.07, 6.45) is 0.967. The van der Waals surface area contributed by atoms with Gasteiger partial charge in [-0.15, -0.1) is 11.3 Å². The zero-order valence-corrected chi connectivity index (χ0v) is 13.9. The standard InChI is InChI=1S/C13H12Br2N2OS/c14-10-6-9(13(15)19-10)11(17-16)8-3-1-2-7-4-5-18-12(7)8/h1-3,6,11,17H,4-5,16H2. The van der Waals surface area contributed by atoms with Crippen molar-refractivity contribution < 1.29 is 4.74 Å². The first-order chi connectivity index (χ1) is 9.20. The normalized spacial score (nSPS) is 15.1. The third kappa shape index (κ3) is 2.48. The number of hydrogen-bond acceptors (Lipinski definition) is 4. The van der Waals surface area contributed by atoms with Crippen LogP contribution in [0.1, 0.15) is 22.7 Å². The molecule has 0 saturated heterocycles. The number of nitrogens with one attached hydrogen (secondary N) is 1. The molecule has 1 aliphatic rings. The lowest BCUT2D eigenvalue weighted by molar-refractivity contribution is 0.350. The Morgan fingerprint density at radius 3 is 2.84 bits per heavy atom. The van der Waals surface area contributed by atoms with Crippen LogP contribution in [0, 0.1) is 0 Å². The minimum absolute atomic E-state index is 0.0787. The summed E-state index contributed by atoms with van der Waals surface area (Å²) in [6.45, 7) is 0.748. The number of fused-ring (bicyclic) bond motifs is 1. The minimum Gasteiger partial charge on any atom is -0.493 e. The summed E-state index contributed by atoms with van der Waals surface area (Å²) in [7, 11) is 0. The van der Waals surface area contributed by atoms with E-state index in [4.69, 9.17) is 10.6 Å². The lowest BCUT2D eigenvalue weighted by atomic mass is 9.98. The number of thiophene rings is 1. The van der Waals surface area contributed by atoms with Crippen LogP contribution in [0.4, 0.5) is 0 Å². The number of hydrogen-bond donors (Lipinski definition) is 2. The largest absolute Gasteiger partial charge is 0.493 e. The molecule has 0 spiro atoms. The molecule has 0 radical (unpaired) electrons. The van der Waals surface area contributed by atoms with E-state index in [1.165, 1.54) is 5.56 Å². The summed E-state index contributed by atoms with van der Waals surface area (Å²) in [5, 5.41) is 0. The van der Waals surface area contributed by atoms with Gasteiger partial charge in [0.25, 0.3) is 0 Å². The Bertz CT molecular complexity index is 615. The van der Waals surface area contributed by atoms with E-state index in [9.17, 15) is 0 Å². The molecule has 1 aromatic heterocycles. The maximum absolute atomic E-state index is 5.77. The van der Waals surface area contributed by atoms with E-state index in [1.54, 1.807) is 11.3 Å². The number of halogens is 2. The van der Waals surface area contributed by atoms with Crippen molar-refractivity contribution in [2.45, 2.75) is 12.5 Å². The molecule has 1 aliphatic heterocycles. The van der Waals surface area contributed by atoms with Crippen molar-refractivity contribution in [3.05, 3.63) is 48.5 Å². The minimum atomic E-state index is -0.0787. The van der Waals surface area contributed by atoms with E-state index in [-0.39, 0.29) is 6.04 Å². The van der Waals surface area contributed by atoms with Crippen LogP contribution in [-0.4, -0.2) is 6.61 Å². The van der Waals surface area contributed by atoms with E-state index < -0.39 is 0 Å². The Morgan fingerprint density at radius 1 is 1.32 bits per heavy atom. The molecular weight excluding hydrogens is 392 g/mol. The van der Waals surface area contributed by atoms with Crippen LogP contribution in [0.15, 0.2) is 31.8 Å². The highest BCUT2D eigenvalue weighted by molar-refractivity contribution is 9.12. The second-order valence-corrected chi connectivity index (χ2v) is 8.06. The maximum atomic E-state index is 5.77. The fourth-order valence-corrected chi connectivity index (χ4v) is 5.27. The zero-order valence-electron chi connectivity index (χ0n) is 9.95. The van der Waals surface area contributed by atoms with Crippen molar-refractivity contribution in [1.29, 1.82) is 0 Å². The molecule has 0 fully saturated rings. The van der Waals surface area contributed by atoms with Gasteiger partial charge in [-0.3, -0.25) is 5.84 Å². The SMILES string of the molecule is NNC(c1cc(Br)sc1Br)c1cccc2c1OCC2. The van der Waals surface area contributed by atoms with E-state index in [2.05, 4.69) is 61.6 Å². The Morgan fingerprint density at radius 2 is 2.16 bits per heavy atom. The molecule has 1 unspecified atom stereocenters. The number of hydrazine groups is 1. The lowest BCUT2D eigenvalue weighted by Crippen LogP contribution is -2.29. The molecule has 0 aliphatic carbocycles. The highest BCUT2D eigenvalue weighted by atomic mass is 79.9. The molecule has 100 valence electrons. The molecular formula is C13H12Br2N2OS. The van der Waals surface area contributed by atoms with Gasteiger partial charge in [0.1, 0.15) is 5.75 Å². The first-order valence-corrected chi connectivity index (χ1v) is 8.26. The van der Waals surface area contributed by atoms with Gasteiger partial charge in [0, 0.05) is 17.5 Å². The molecule has 19 heavy (non-hydrogen) atoms. The van der Waals surface area contributed by atoms with Gasteiger partial charge in [-0.25, -0.2) is 5.43 Å². The maximum Gasteiger partial charge on any atom is 0.127 e. The van der Waals surface area contributed by atoms with Crippen LogP contribution in [-0.2, 0) is 6.42 Å². The Hall–Kier alpha value is -0.400. The highest BCUT2D eigenvalue weighted by Gasteiger charge is 2.25. The lowest BCUT2D eigenvalue weighted by Gasteiger charge is -2.18. The second-order valence-electron chi connectivity index (χ2n) is 4.31. The quantitative estimate of drug-likeness (QED) is 0.605. The number of ether oxygens (including phenoxy) is 1. The first kappa shape index (κ1) is 13.6. The van der Waals surface area contributed by atoms with Crippen LogP contribution in [0.2, 0.25) is 0 Å². The summed E-state index contributed by atoms with van der Waals surface area (Å²) < 4.78 is 7.90. The van der Waals surface area contributed by atoms with Gasteiger partial charge in [-0.05, 0) is 43.5 Å². The van der Waals surface area contributed by atoms with Crippen molar-refractivity contribution in [2.75, 3.05) is 6.61 Å². The fraction of sp³-hybridized carbons (Fsp3) is 0.231. The predicted octanol–water partition coefficient (Wildman–Crippen LogP) is 3.76. The average Bonchev–Trinajstić information content (AvgIpc) is 2.98. The zero-order chi connectivity index (χ0) is 13.4. The topological polar surface area (TPSA) is 47.3 Å². The fourth-order valence-electron chi connectivity index (χ4n) is 2.36. The molecule has 6 heteroatoms. The number of benzene rings is 1. The number of para-hydroxylation sites is 1. The van der Waals surface area contributed by atoms with Crippen LogP contribution in [0.5, 0.6) is 5.75 Å². The van der Waals surface area contributed by atoms with Gasteiger partial charge in [0.15, 0.2) is 0 Å². The molecule has 0 amide bonds. The summed E-state index contributed by atoms with van der Waals surface area (Å²) in [4.78, 5) is 0. The first-order valence-electron chi connectivity index (χ1n) is 5.86. The van der Waals surface area contributed by atoms with Crippen molar-refractivity contribution in [1.82, 2.24) is 5.43 Å². The second kappa shape index (κ2) is 5.54.